The van der Waals surface area contributed by atoms with Crippen LogP contribution in [-0.4, -0.2) is 74.9 Å². The van der Waals surface area contributed by atoms with Crippen LogP contribution < -0.4 is 0 Å². The molecule has 3 fully saturated rings. The standard InChI is InChI=1S/C20H36N6O/c1-2-3-10-19(20-21-22-23-26(20)16-18-9-6-15-27-18)25-13-11-24(12-14-25)17-7-4-5-8-17/h17-19H,2-16H2,1H3/t18-,19+/m0/s1. The van der Waals surface area contributed by atoms with E-state index in [9.17, 15) is 0 Å². The van der Waals surface area contributed by atoms with Gasteiger partial charge in [-0.2, -0.15) is 0 Å². The zero-order valence-electron chi connectivity index (χ0n) is 16.9. The molecule has 4 rings (SSSR count). The number of unbranched alkanes of at least 4 members (excludes halogenated alkanes) is 1. The summed E-state index contributed by atoms with van der Waals surface area (Å²) in [6.07, 6.45) is 11.8. The summed E-state index contributed by atoms with van der Waals surface area (Å²) in [5.41, 5.74) is 0. The van der Waals surface area contributed by atoms with Gasteiger partial charge in [0, 0.05) is 38.8 Å². The van der Waals surface area contributed by atoms with Crippen molar-refractivity contribution >= 4 is 0 Å². The highest BCUT2D eigenvalue weighted by Gasteiger charge is 2.32. The van der Waals surface area contributed by atoms with E-state index in [1.807, 2.05) is 4.68 Å². The number of nitrogens with zero attached hydrogens (tertiary/aromatic N) is 6. The zero-order valence-corrected chi connectivity index (χ0v) is 16.9. The Bertz CT molecular complexity index is 559. The number of piperazine rings is 1. The van der Waals surface area contributed by atoms with Crippen molar-refractivity contribution in [2.45, 2.75) is 89.4 Å². The molecule has 0 spiro atoms. The fraction of sp³-hybridized carbons (Fsp3) is 0.950. The third-order valence-corrected chi connectivity index (χ3v) is 6.72. The molecular formula is C20H36N6O. The molecule has 2 saturated heterocycles. The van der Waals surface area contributed by atoms with Crippen LogP contribution in [0.25, 0.3) is 0 Å². The molecule has 3 aliphatic rings. The average Bonchev–Trinajstić information content (AvgIpc) is 3.47. The lowest BCUT2D eigenvalue weighted by atomic mass is 10.1. The van der Waals surface area contributed by atoms with Crippen LogP contribution in [0, 0.1) is 0 Å². The molecule has 0 aromatic carbocycles. The van der Waals surface area contributed by atoms with Gasteiger partial charge in [-0.15, -0.1) is 5.10 Å². The van der Waals surface area contributed by atoms with E-state index in [2.05, 4.69) is 32.2 Å². The molecule has 3 heterocycles. The molecule has 1 aliphatic carbocycles. The highest BCUT2D eigenvalue weighted by Crippen LogP contribution is 2.29. The van der Waals surface area contributed by atoms with Crippen LogP contribution in [0.2, 0.25) is 0 Å². The van der Waals surface area contributed by atoms with Crippen LogP contribution in [0.15, 0.2) is 0 Å². The first-order chi connectivity index (χ1) is 13.3. The van der Waals surface area contributed by atoms with Crippen LogP contribution in [-0.2, 0) is 11.3 Å². The summed E-state index contributed by atoms with van der Waals surface area (Å²) in [6, 6.07) is 1.18. The number of rotatable bonds is 8. The quantitative estimate of drug-likeness (QED) is 0.695. The summed E-state index contributed by atoms with van der Waals surface area (Å²) in [6.45, 7) is 8.61. The minimum atomic E-state index is 0.276. The van der Waals surface area contributed by atoms with Gasteiger partial charge in [-0.05, 0) is 42.5 Å². The van der Waals surface area contributed by atoms with E-state index in [-0.39, 0.29) is 6.10 Å². The Balaban J connectivity index is 1.41. The van der Waals surface area contributed by atoms with Gasteiger partial charge in [0.15, 0.2) is 5.82 Å². The predicted octanol–water partition coefficient (Wildman–Crippen LogP) is 2.64. The van der Waals surface area contributed by atoms with Gasteiger partial charge in [-0.3, -0.25) is 9.80 Å². The van der Waals surface area contributed by atoms with E-state index in [0.717, 1.165) is 57.4 Å². The average molecular weight is 377 g/mol. The van der Waals surface area contributed by atoms with E-state index >= 15 is 0 Å². The van der Waals surface area contributed by atoms with E-state index in [4.69, 9.17) is 4.74 Å². The molecule has 1 saturated carbocycles. The summed E-state index contributed by atoms with van der Waals surface area (Å²) < 4.78 is 7.85. The lowest BCUT2D eigenvalue weighted by Crippen LogP contribution is -2.50. The van der Waals surface area contributed by atoms with Crippen LogP contribution >= 0.6 is 0 Å². The number of aromatic nitrogens is 4. The third kappa shape index (κ3) is 4.69. The van der Waals surface area contributed by atoms with Gasteiger partial charge in [0.25, 0.3) is 0 Å². The number of ether oxygens (including phenoxy) is 1. The van der Waals surface area contributed by atoms with Gasteiger partial charge < -0.3 is 4.74 Å². The molecule has 0 amide bonds. The van der Waals surface area contributed by atoms with Gasteiger partial charge in [0.2, 0.25) is 0 Å². The summed E-state index contributed by atoms with van der Waals surface area (Å²) >= 11 is 0. The lowest BCUT2D eigenvalue weighted by Gasteiger charge is -2.41. The Kier molecular flexibility index (Phi) is 6.73. The fourth-order valence-corrected chi connectivity index (χ4v) is 5.12. The highest BCUT2D eigenvalue weighted by atomic mass is 16.5. The van der Waals surface area contributed by atoms with E-state index in [1.165, 1.54) is 51.6 Å². The second kappa shape index (κ2) is 9.43. The first kappa shape index (κ1) is 19.3. The topological polar surface area (TPSA) is 59.3 Å². The molecule has 0 unspecified atom stereocenters. The SMILES string of the molecule is CCCC[C@H](c1nnnn1C[C@@H]1CCCO1)N1CCN(C2CCCC2)CC1. The van der Waals surface area contributed by atoms with E-state index in [0.29, 0.717) is 6.04 Å². The van der Waals surface area contributed by atoms with Gasteiger partial charge in [0.05, 0.1) is 18.7 Å². The fourth-order valence-electron chi connectivity index (χ4n) is 5.12. The molecule has 1 aromatic heterocycles. The Morgan fingerprint density at radius 1 is 1.07 bits per heavy atom. The molecule has 0 N–H and O–H groups in total. The molecule has 2 atom stereocenters. The molecule has 7 heteroatoms. The first-order valence-corrected chi connectivity index (χ1v) is 11.2. The number of hydrogen-bond donors (Lipinski definition) is 0. The van der Waals surface area contributed by atoms with Crippen molar-refractivity contribution in [2.24, 2.45) is 0 Å². The van der Waals surface area contributed by atoms with Gasteiger partial charge in [0.1, 0.15) is 0 Å². The van der Waals surface area contributed by atoms with Crippen molar-refractivity contribution in [3.63, 3.8) is 0 Å². The molecule has 0 radical (unpaired) electrons. The highest BCUT2D eigenvalue weighted by molar-refractivity contribution is 4.96. The molecule has 0 bridgehead atoms. The van der Waals surface area contributed by atoms with E-state index in [1.54, 1.807) is 0 Å². The first-order valence-electron chi connectivity index (χ1n) is 11.2. The van der Waals surface area contributed by atoms with Crippen molar-refractivity contribution in [3.05, 3.63) is 5.82 Å². The second-order valence-corrected chi connectivity index (χ2v) is 8.52. The summed E-state index contributed by atoms with van der Waals surface area (Å²) in [7, 11) is 0. The van der Waals surface area contributed by atoms with Gasteiger partial charge in [-0.1, -0.05) is 32.6 Å². The molecular weight excluding hydrogens is 340 g/mol. The smallest absolute Gasteiger partial charge is 0.168 e. The number of tetrazole rings is 1. The molecule has 7 nitrogen and oxygen atoms in total. The molecule has 27 heavy (non-hydrogen) atoms. The van der Waals surface area contributed by atoms with Crippen LogP contribution in [0.4, 0.5) is 0 Å². The Hall–Kier alpha value is -1.05. The number of hydrogen-bond acceptors (Lipinski definition) is 6. The normalized spacial score (nSPS) is 26.8. The maximum absolute atomic E-state index is 5.82. The maximum Gasteiger partial charge on any atom is 0.168 e. The largest absolute Gasteiger partial charge is 0.376 e. The Morgan fingerprint density at radius 2 is 1.89 bits per heavy atom. The molecule has 1 aromatic rings. The monoisotopic (exact) mass is 376 g/mol. The second-order valence-electron chi connectivity index (χ2n) is 8.52. The van der Waals surface area contributed by atoms with Crippen molar-refractivity contribution in [1.29, 1.82) is 0 Å². The minimum absolute atomic E-state index is 0.276. The van der Waals surface area contributed by atoms with Crippen molar-refractivity contribution in [3.8, 4) is 0 Å². The van der Waals surface area contributed by atoms with Crippen molar-refractivity contribution in [1.82, 2.24) is 30.0 Å². The minimum Gasteiger partial charge on any atom is -0.376 e. The van der Waals surface area contributed by atoms with Gasteiger partial charge in [-0.25, -0.2) is 4.68 Å². The van der Waals surface area contributed by atoms with Crippen LogP contribution in [0.5, 0.6) is 0 Å². The van der Waals surface area contributed by atoms with Crippen LogP contribution in [0.1, 0.15) is 76.6 Å². The maximum atomic E-state index is 5.82. The van der Waals surface area contributed by atoms with Crippen molar-refractivity contribution < 1.29 is 4.74 Å². The van der Waals surface area contributed by atoms with Crippen molar-refractivity contribution in [2.75, 3.05) is 32.8 Å². The zero-order chi connectivity index (χ0) is 18.5. The predicted molar refractivity (Wildman–Crippen MR) is 104 cm³/mol. The third-order valence-electron chi connectivity index (χ3n) is 6.72. The molecule has 152 valence electrons. The lowest BCUT2D eigenvalue weighted by molar-refractivity contribution is 0.0585. The van der Waals surface area contributed by atoms with E-state index < -0.39 is 0 Å². The Labute approximate surface area is 163 Å². The summed E-state index contributed by atoms with van der Waals surface area (Å²) in [5, 5.41) is 12.8. The Morgan fingerprint density at radius 3 is 2.59 bits per heavy atom. The van der Waals surface area contributed by atoms with Gasteiger partial charge >= 0.3 is 0 Å². The summed E-state index contributed by atoms with van der Waals surface area (Å²) in [4.78, 5) is 5.37. The van der Waals surface area contributed by atoms with Crippen LogP contribution in [0.3, 0.4) is 0 Å². The summed E-state index contributed by atoms with van der Waals surface area (Å²) in [5.74, 6) is 1.05. The molecule has 2 aliphatic heterocycles.